The maximum absolute atomic E-state index is 13.5. The van der Waals surface area contributed by atoms with Gasteiger partial charge in [-0.05, 0) is 59.9 Å². The normalized spacial score (nSPS) is 17.4. The topological polar surface area (TPSA) is 59.1 Å². The Morgan fingerprint density at radius 1 is 1.09 bits per heavy atom. The summed E-state index contributed by atoms with van der Waals surface area (Å²) in [6.45, 7) is 1.09. The first-order valence-corrected chi connectivity index (χ1v) is 12.9. The van der Waals surface area contributed by atoms with Crippen LogP contribution in [0.1, 0.15) is 39.0 Å². The molecule has 0 saturated heterocycles. The molecule has 1 unspecified atom stereocenters. The molecule has 3 aromatic rings. The summed E-state index contributed by atoms with van der Waals surface area (Å²) in [6.07, 6.45) is 2.75. The number of hydrogen-bond acceptors (Lipinski definition) is 6. The van der Waals surface area contributed by atoms with Crippen LogP contribution in [0.25, 0.3) is 0 Å². The fourth-order valence-corrected chi connectivity index (χ4v) is 5.88. The van der Waals surface area contributed by atoms with Crippen molar-refractivity contribution in [2.75, 3.05) is 26.8 Å². The Hall–Kier alpha value is -2.84. The molecule has 1 atom stereocenters. The van der Waals surface area contributed by atoms with Crippen molar-refractivity contribution >= 4 is 34.5 Å². The van der Waals surface area contributed by atoms with Crippen LogP contribution in [-0.2, 0) is 11.2 Å². The molecule has 1 aromatic carbocycles. The number of amides is 2. The van der Waals surface area contributed by atoms with Crippen LogP contribution in [0.3, 0.4) is 0 Å². The molecule has 1 aliphatic heterocycles. The third-order valence-electron chi connectivity index (χ3n) is 6.15. The average Bonchev–Trinajstić information content (AvgIpc) is 3.32. The maximum atomic E-state index is 13.5. The number of carbonyl (C=O) groups is 2. The van der Waals surface area contributed by atoms with Gasteiger partial charge >= 0.3 is 0 Å². The standard InChI is InChI=1S/C25H26N2O4S2/c1-30-18-4-2-5-19(14-18)31-16-21-20-10-13-33-22(20)9-11-26(21)24(28)15-27(17-7-8-17)25(29)23-6-3-12-32-23/h2-6,10,12-14,17,21H,7-9,11,15-16H2,1H3. The van der Waals surface area contributed by atoms with Gasteiger partial charge in [-0.25, -0.2) is 0 Å². The van der Waals surface area contributed by atoms with Gasteiger partial charge in [0.2, 0.25) is 5.91 Å². The third-order valence-corrected chi connectivity index (χ3v) is 8.00. The van der Waals surface area contributed by atoms with Crippen molar-refractivity contribution in [3.05, 3.63) is 68.5 Å². The number of nitrogens with zero attached hydrogens (tertiary/aromatic N) is 2. The second-order valence-corrected chi connectivity index (χ2v) is 10.2. The molecule has 8 heteroatoms. The Bertz CT molecular complexity index is 1120. The van der Waals surface area contributed by atoms with E-state index in [4.69, 9.17) is 9.47 Å². The molecule has 2 amide bonds. The van der Waals surface area contributed by atoms with Gasteiger partial charge in [0.15, 0.2) is 0 Å². The summed E-state index contributed by atoms with van der Waals surface area (Å²) >= 11 is 3.15. The molecule has 0 N–H and O–H groups in total. The molecule has 1 saturated carbocycles. The Morgan fingerprint density at radius 2 is 1.94 bits per heavy atom. The lowest BCUT2D eigenvalue weighted by Crippen LogP contribution is -2.48. The summed E-state index contributed by atoms with van der Waals surface area (Å²) in [7, 11) is 1.63. The van der Waals surface area contributed by atoms with Gasteiger partial charge in [0.25, 0.3) is 5.91 Å². The van der Waals surface area contributed by atoms with Gasteiger partial charge in [-0.2, -0.15) is 0 Å². The van der Waals surface area contributed by atoms with E-state index in [1.165, 1.54) is 16.2 Å². The zero-order chi connectivity index (χ0) is 22.8. The molecule has 1 aliphatic carbocycles. The quantitative estimate of drug-likeness (QED) is 0.470. The third kappa shape index (κ3) is 4.77. The highest BCUT2D eigenvalue weighted by Crippen LogP contribution is 2.35. The van der Waals surface area contributed by atoms with Gasteiger partial charge in [-0.1, -0.05) is 12.1 Å². The van der Waals surface area contributed by atoms with Crippen molar-refractivity contribution in [1.82, 2.24) is 9.80 Å². The van der Waals surface area contributed by atoms with E-state index in [1.807, 2.05) is 46.7 Å². The summed E-state index contributed by atoms with van der Waals surface area (Å²) in [5.41, 5.74) is 1.14. The van der Waals surface area contributed by atoms with Crippen LogP contribution in [0.5, 0.6) is 11.5 Å². The number of rotatable bonds is 8. The van der Waals surface area contributed by atoms with E-state index >= 15 is 0 Å². The first-order chi connectivity index (χ1) is 16.1. The SMILES string of the molecule is COc1cccc(OCC2c3ccsc3CCN2C(=O)CN(C(=O)c2cccs2)C2CC2)c1. The van der Waals surface area contributed by atoms with Gasteiger partial charge in [-0.3, -0.25) is 9.59 Å². The molecule has 2 aliphatic rings. The molecule has 2 aromatic heterocycles. The van der Waals surface area contributed by atoms with E-state index in [-0.39, 0.29) is 30.4 Å². The van der Waals surface area contributed by atoms with Crippen molar-refractivity contribution in [1.29, 1.82) is 0 Å². The number of methoxy groups -OCH3 is 1. The van der Waals surface area contributed by atoms with Gasteiger partial charge in [-0.15, -0.1) is 22.7 Å². The van der Waals surface area contributed by atoms with Crippen LogP contribution < -0.4 is 9.47 Å². The number of carbonyl (C=O) groups excluding carboxylic acids is 2. The highest BCUT2D eigenvalue weighted by Gasteiger charge is 2.38. The van der Waals surface area contributed by atoms with E-state index in [9.17, 15) is 9.59 Å². The van der Waals surface area contributed by atoms with Crippen molar-refractivity contribution in [2.24, 2.45) is 0 Å². The Morgan fingerprint density at radius 3 is 2.70 bits per heavy atom. The lowest BCUT2D eigenvalue weighted by Gasteiger charge is -2.37. The molecule has 0 radical (unpaired) electrons. The zero-order valence-electron chi connectivity index (χ0n) is 18.4. The summed E-state index contributed by atoms with van der Waals surface area (Å²) in [5, 5.41) is 3.98. The molecule has 172 valence electrons. The molecular formula is C25H26N2O4S2. The highest BCUT2D eigenvalue weighted by molar-refractivity contribution is 7.12. The van der Waals surface area contributed by atoms with Gasteiger partial charge in [0.05, 0.1) is 18.0 Å². The predicted molar refractivity (Wildman–Crippen MR) is 129 cm³/mol. The highest BCUT2D eigenvalue weighted by atomic mass is 32.1. The second-order valence-electron chi connectivity index (χ2n) is 8.28. The van der Waals surface area contributed by atoms with E-state index < -0.39 is 0 Å². The van der Waals surface area contributed by atoms with Gasteiger partial charge in [0, 0.05) is 23.5 Å². The van der Waals surface area contributed by atoms with Gasteiger partial charge in [0.1, 0.15) is 24.7 Å². The maximum Gasteiger partial charge on any atom is 0.264 e. The molecule has 5 rings (SSSR count). The molecule has 33 heavy (non-hydrogen) atoms. The summed E-state index contributed by atoms with van der Waals surface area (Å²) in [4.78, 5) is 32.2. The van der Waals surface area contributed by atoms with Crippen LogP contribution in [0.4, 0.5) is 0 Å². The zero-order valence-corrected chi connectivity index (χ0v) is 20.1. The minimum Gasteiger partial charge on any atom is -0.497 e. The number of thiophene rings is 2. The van der Waals surface area contributed by atoms with Crippen LogP contribution in [0, 0.1) is 0 Å². The van der Waals surface area contributed by atoms with E-state index in [1.54, 1.807) is 23.3 Å². The summed E-state index contributed by atoms with van der Waals surface area (Å²) in [6, 6.07) is 13.3. The summed E-state index contributed by atoms with van der Waals surface area (Å²) in [5.74, 6) is 1.37. The fraction of sp³-hybridized carbons (Fsp3) is 0.360. The van der Waals surface area contributed by atoms with E-state index in [0.29, 0.717) is 23.8 Å². The van der Waals surface area contributed by atoms with Crippen LogP contribution in [-0.4, -0.2) is 54.5 Å². The van der Waals surface area contributed by atoms with Crippen LogP contribution in [0.2, 0.25) is 0 Å². The minimum atomic E-state index is -0.184. The Kier molecular flexibility index (Phi) is 6.37. The molecule has 6 nitrogen and oxygen atoms in total. The number of ether oxygens (including phenoxy) is 2. The van der Waals surface area contributed by atoms with Crippen molar-refractivity contribution in [3.8, 4) is 11.5 Å². The van der Waals surface area contributed by atoms with Crippen LogP contribution in [0.15, 0.2) is 53.2 Å². The number of benzene rings is 1. The van der Waals surface area contributed by atoms with E-state index in [2.05, 4.69) is 11.4 Å². The van der Waals surface area contributed by atoms with Crippen molar-refractivity contribution < 1.29 is 19.1 Å². The lowest BCUT2D eigenvalue weighted by molar-refractivity contribution is -0.135. The van der Waals surface area contributed by atoms with Crippen LogP contribution >= 0.6 is 22.7 Å². The Labute approximate surface area is 201 Å². The lowest BCUT2D eigenvalue weighted by atomic mass is 10.0. The molecule has 0 spiro atoms. The number of fused-ring (bicyclic) bond motifs is 1. The molecule has 0 bridgehead atoms. The summed E-state index contributed by atoms with van der Waals surface area (Å²) < 4.78 is 11.4. The number of hydrogen-bond donors (Lipinski definition) is 0. The fourth-order valence-electron chi connectivity index (χ4n) is 4.27. The largest absolute Gasteiger partial charge is 0.497 e. The first kappa shape index (κ1) is 22.0. The molecule has 1 fully saturated rings. The monoisotopic (exact) mass is 482 g/mol. The Balaban J connectivity index is 1.33. The predicted octanol–water partition coefficient (Wildman–Crippen LogP) is 4.63. The van der Waals surface area contributed by atoms with E-state index in [0.717, 1.165) is 30.6 Å². The van der Waals surface area contributed by atoms with Gasteiger partial charge < -0.3 is 19.3 Å². The minimum absolute atomic E-state index is 0.0251. The molecule has 3 heterocycles. The molecular weight excluding hydrogens is 456 g/mol. The second kappa shape index (κ2) is 9.57. The smallest absolute Gasteiger partial charge is 0.264 e. The first-order valence-electron chi connectivity index (χ1n) is 11.1. The van der Waals surface area contributed by atoms with Crippen molar-refractivity contribution in [3.63, 3.8) is 0 Å². The average molecular weight is 483 g/mol. The van der Waals surface area contributed by atoms with Crippen molar-refractivity contribution in [2.45, 2.75) is 31.3 Å².